The number of aliphatic hydroxyl groups excluding tert-OH is 1. The molecule has 0 spiro atoms. The Bertz CT molecular complexity index is 1910. The predicted molar refractivity (Wildman–Crippen MR) is 395 cm³/mol. The highest BCUT2D eigenvalue weighted by Gasteiger charge is 2.30. The fourth-order valence-corrected chi connectivity index (χ4v) is 13.4. The molecule has 576 valence electrons. The second-order valence-electron chi connectivity index (χ2n) is 29.3. The first-order chi connectivity index (χ1) is 46.7. The molecule has 0 aliphatic carbocycles. The summed E-state index contributed by atoms with van der Waals surface area (Å²) in [5, 5.41) is 10.6. The van der Waals surface area contributed by atoms with Crippen LogP contribution in [0.2, 0.25) is 0 Å². The van der Waals surface area contributed by atoms with Crippen molar-refractivity contribution in [2.45, 2.75) is 414 Å². The zero-order valence-electron chi connectivity index (χ0n) is 63.7. The molecule has 5 unspecified atom stereocenters. The van der Waals surface area contributed by atoms with Crippen molar-refractivity contribution in [1.29, 1.82) is 0 Å². The van der Waals surface area contributed by atoms with Gasteiger partial charge in [-0.2, -0.15) is 0 Å². The molecule has 0 amide bonds. The second kappa shape index (κ2) is 67.2. The Morgan fingerprint density at radius 1 is 0.289 bits per heavy atom. The molecule has 0 saturated heterocycles. The topological polar surface area (TPSA) is 237 Å². The van der Waals surface area contributed by atoms with Crippen LogP contribution in [0.25, 0.3) is 0 Å². The molecular formula is C78H152O17P2. The van der Waals surface area contributed by atoms with E-state index in [0.29, 0.717) is 31.6 Å². The SMILES string of the molecule is CCC(C)CCCCCCCCCCCCCCCCC(=O)OC[C@H](COP(=O)(O)OC[C@@H](O)COP(=O)(O)OC[C@@H](COC(=O)CCCCCCCCC(C)C)OC(=O)CCCCCCCCCCCCCCCCC(C)CC)OC(=O)CCCCCCCCCCC(C)CC. The minimum atomic E-state index is -4.96. The van der Waals surface area contributed by atoms with E-state index >= 15 is 0 Å². The number of phosphoric ester groups is 2. The third kappa shape index (κ3) is 68.3. The standard InChI is InChI=1S/C78H152O17P2/c1-9-69(6)55-47-39-30-24-20-16-12-14-18-22-26-33-42-50-58-75(80)88-64-73(95-78(83)61-53-45-35-29-28-32-41-49-57-71(8)11-3)66-92-96(84,85)90-62-72(79)63-91-97(86,87)93-67-74(65-89-76(81)59-51-43-37-36-38-46-54-68(4)5)94-77(82)60-52-44-34-27-23-19-15-13-17-21-25-31-40-48-56-70(7)10-2/h68-74,79H,9-67H2,1-8H3,(H,84,85)(H,86,87)/t69?,70?,71?,72-,73-,74-/m1/s1. The number of esters is 4. The first kappa shape index (κ1) is 95.1. The molecule has 0 aliphatic heterocycles. The van der Waals surface area contributed by atoms with Crippen LogP contribution in [0.5, 0.6) is 0 Å². The molecule has 19 heteroatoms. The third-order valence-electron chi connectivity index (χ3n) is 19.2. The average Bonchev–Trinajstić information content (AvgIpc) is 1.33. The molecule has 3 N–H and O–H groups in total. The van der Waals surface area contributed by atoms with Crippen LogP contribution in [0.15, 0.2) is 0 Å². The molecule has 97 heavy (non-hydrogen) atoms. The fourth-order valence-electron chi connectivity index (χ4n) is 11.8. The molecule has 0 heterocycles. The lowest BCUT2D eigenvalue weighted by atomic mass is 9.99. The van der Waals surface area contributed by atoms with Crippen LogP contribution in [0.4, 0.5) is 0 Å². The van der Waals surface area contributed by atoms with Crippen molar-refractivity contribution in [3.05, 3.63) is 0 Å². The van der Waals surface area contributed by atoms with Crippen molar-refractivity contribution in [2.24, 2.45) is 23.7 Å². The molecule has 8 atom stereocenters. The lowest BCUT2D eigenvalue weighted by molar-refractivity contribution is -0.161. The average molecular weight is 1420 g/mol. The summed E-state index contributed by atoms with van der Waals surface area (Å²) in [6.45, 7) is 14.2. The van der Waals surface area contributed by atoms with Gasteiger partial charge in [0.15, 0.2) is 12.2 Å². The number of hydrogen-bond acceptors (Lipinski definition) is 15. The zero-order chi connectivity index (χ0) is 71.7. The summed E-state index contributed by atoms with van der Waals surface area (Å²) in [6, 6.07) is 0. The number of rotatable bonds is 75. The van der Waals surface area contributed by atoms with Gasteiger partial charge in [0.25, 0.3) is 0 Å². The predicted octanol–water partition coefficient (Wildman–Crippen LogP) is 22.8. The maximum atomic E-state index is 13.1. The first-order valence-corrected chi connectivity index (χ1v) is 43.3. The highest BCUT2D eigenvalue weighted by atomic mass is 31.2. The van der Waals surface area contributed by atoms with Gasteiger partial charge in [0.05, 0.1) is 26.4 Å². The van der Waals surface area contributed by atoms with Gasteiger partial charge in [0.2, 0.25) is 0 Å². The number of carbonyl (C=O) groups is 4. The number of phosphoric acid groups is 2. The third-order valence-corrected chi connectivity index (χ3v) is 21.1. The van der Waals surface area contributed by atoms with E-state index in [4.69, 9.17) is 37.0 Å². The Morgan fingerprint density at radius 2 is 0.495 bits per heavy atom. The highest BCUT2D eigenvalue weighted by Crippen LogP contribution is 2.45. The fraction of sp³-hybridized carbons (Fsp3) is 0.949. The van der Waals surface area contributed by atoms with Gasteiger partial charge in [-0.15, -0.1) is 0 Å². The summed E-state index contributed by atoms with van der Waals surface area (Å²) in [7, 11) is -9.92. The second-order valence-corrected chi connectivity index (χ2v) is 32.2. The van der Waals surface area contributed by atoms with E-state index in [0.717, 1.165) is 114 Å². The van der Waals surface area contributed by atoms with E-state index in [1.165, 1.54) is 193 Å². The van der Waals surface area contributed by atoms with Crippen LogP contribution in [-0.4, -0.2) is 96.7 Å². The van der Waals surface area contributed by atoms with E-state index in [1.54, 1.807) is 0 Å². The van der Waals surface area contributed by atoms with Crippen molar-refractivity contribution in [2.75, 3.05) is 39.6 Å². The molecule has 0 aromatic rings. The summed E-state index contributed by atoms with van der Waals surface area (Å²) in [5.41, 5.74) is 0. The van der Waals surface area contributed by atoms with Crippen LogP contribution < -0.4 is 0 Å². The molecule has 0 rings (SSSR count). The Balaban J connectivity index is 5.20. The molecule has 0 aromatic heterocycles. The number of carbonyl (C=O) groups excluding carboxylic acids is 4. The Hall–Kier alpha value is -1.94. The van der Waals surface area contributed by atoms with Gasteiger partial charge in [-0.1, -0.05) is 344 Å². The molecule has 0 fully saturated rings. The largest absolute Gasteiger partial charge is 0.472 e. The van der Waals surface area contributed by atoms with Gasteiger partial charge in [-0.05, 0) is 49.4 Å². The first-order valence-electron chi connectivity index (χ1n) is 40.3. The Labute approximate surface area is 594 Å². The van der Waals surface area contributed by atoms with Crippen molar-refractivity contribution >= 4 is 39.5 Å². The lowest BCUT2D eigenvalue weighted by Gasteiger charge is -2.21. The number of hydrogen-bond donors (Lipinski definition) is 3. The van der Waals surface area contributed by atoms with E-state index in [1.807, 2.05) is 0 Å². The van der Waals surface area contributed by atoms with Crippen LogP contribution in [-0.2, 0) is 65.4 Å². The van der Waals surface area contributed by atoms with Gasteiger partial charge in [0, 0.05) is 25.7 Å². The number of aliphatic hydroxyl groups is 1. The van der Waals surface area contributed by atoms with Crippen molar-refractivity contribution in [3.8, 4) is 0 Å². The number of unbranched alkanes of at least 4 members (excludes halogenated alkanes) is 38. The smallest absolute Gasteiger partial charge is 0.462 e. The molecule has 0 bridgehead atoms. The summed E-state index contributed by atoms with van der Waals surface area (Å²) in [4.78, 5) is 72.8. The summed E-state index contributed by atoms with van der Waals surface area (Å²) >= 11 is 0. The normalized spacial score (nSPS) is 14.9. The monoisotopic (exact) mass is 1420 g/mol. The maximum Gasteiger partial charge on any atom is 0.472 e. The van der Waals surface area contributed by atoms with Gasteiger partial charge >= 0.3 is 39.5 Å². The van der Waals surface area contributed by atoms with Crippen LogP contribution in [0.1, 0.15) is 396 Å². The van der Waals surface area contributed by atoms with Gasteiger partial charge in [0.1, 0.15) is 19.3 Å². The van der Waals surface area contributed by atoms with Crippen molar-refractivity contribution in [3.63, 3.8) is 0 Å². The molecular weight excluding hydrogens is 1270 g/mol. The van der Waals surface area contributed by atoms with Crippen LogP contribution in [0.3, 0.4) is 0 Å². The Morgan fingerprint density at radius 3 is 0.732 bits per heavy atom. The van der Waals surface area contributed by atoms with Gasteiger partial charge < -0.3 is 33.8 Å². The van der Waals surface area contributed by atoms with Crippen LogP contribution >= 0.6 is 15.6 Å². The minimum Gasteiger partial charge on any atom is -0.462 e. The van der Waals surface area contributed by atoms with Gasteiger partial charge in [-0.25, -0.2) is 9.13 Å². The molecule has 0 aliphatic rings. The quantitative estimate of drug-likeness (QED) is 0.0222. The molecule has 0 aromatic carbocycles. The summed E-state index contributed by atoms with van der Waals surface area (Å²) < 4.78 is 68.6. The van der Waals surface area contributed by atoms with Gasteiger partial charge in [-0.3, -0.25) is 37.3 Å². The van der Waals surface area contributed by atoms with E-state index in [-0.39, 0.29) is 25.7 Å². The zero-order valence-corrected chi connectivity index (χ0v) is 65.5. The minimum absolute atomic E-state index is 0.105. The highest BCUT2D eigenvalue weighted by molar-refractivity contribution is 7.47. The number of ether oxygens (including phenoxy) is 4. The molecule has 0 saturated carbocycles. The summed E-state index contributed by atoms with van der Waals surface area (Å²) in [5.74, 6) is 1.02. The molecule has 0 radical (unpaired) electrons. The van der Waals surface area contributed by atoms with E-state index in [2.05, 4.69) is 55.4 Å². The summed E-state index contributed by atoms with van der Waals surface area (Å²) in [6.07, 6.45) is 52.7. The maximum absolute atomic E-state index is 13.1. The molecule has 17 nitrogen and oxygen atoms in total. The van der Waals surface area contributed by atoms with Crippen LogP contribution in [0, 0.1) is 23.7 Å². The Kier molecular flexibility index (Phi) is 65.9. The van der Waals surface area contributed by atoms with Crippen molar-refractivity contribution in [1.82, 2.24) is 0 Å². The lowest BCUT2D eigenvalue weighted by Crippen LogP contribution is -2.30. The van der Waals surface area contributed by atoms with E-state index in [9.17, 15) is 43.2 Å². The van der Waals surface area contributed by atoms with E-state index < -0.39 is 97.5 Å². The van der Waals surface area contributed by atoms with Crippen molar-refractivity contribution < 1.29 is 80.2 Å².